The normalized spacial score (nSPS) is 18.8. The highest BCUT2D eigenvalue weighted by Gasteiger charge is 2.14. The zero-order valence-electron chi connectivity index (χ0n) is 7.35. The largest absolute Gasteiger partial charge is 0.394 e. The number of rotatable bonds is 6. The molecule has 4 nitrogen and oxygen atoms in total. The predicted octanol–water partition coefficient (Wildman–Crippen LogP) is -0.891. The lowest BCUT2D eigenvalue weighted by Gasteiger charge is -2.17. The molecule has 0 saturated heterocycles. The Labute approximate surface area is 72.5 Å². The number of hydrogen-bond donors (Lipinski definition) is 4. The molecule has 0 aliphatic rings. The molecule has 0 aromatic rings. The highest BCUT2D eigenvalue weighted by atomic mass is 16.3. The molecule has 0 bridgehead atoms. The second-order valence-electron chi connectivity index (χ2n) is 3.14. The van der Waals surface area contributed by atoms with E-state index in [0.717, 1.165) is 0 Å². The van der Waals surface area contributed by atoms with Crippen molar-refractivity contribution < 1.29 is 20.4 Å². The molecule has 12 heavy (non-hydrogen) atoms. The molecule has 3 unspecified atom stereocenters. The fourth-order valence-electron chi connectivity index (χ4n) is 0.919. The van der Waals surface area contributed by atoms with Gasteiger partial charge in [-0.25, -0.2) is 0 Å². The Bertz CT molecular complexity index is 107. The smallest absolute Gasteiger partial charge is 0.0796 e. The Balaban J connectivity index is 3.49. The van der Waals surface area contributed by atoms with Crippen LogP contribution in [0.15, 0.2) is 0 Å². The molecule has 0 rings (SSSR count). The van der Waals surface area contributed by atoms with Crippen molar-refractivity contribution in [3.63, 3.8) is 0 Å². The van der Waals surface area contributed by atoms with Crippen molar-refractivity contribution >= 4 is 0 Å². The SMILES string of the molecule is CC(CCC(O)CO)C(O)CO. The van der Waals surface area contributed by atoms with Crippen LogP contribution in [0.1, 0.15) is 19.8 Å². The van der Waals surface area contributed by atoms with Crippen molar-refractivity contribution in [2.75, 3.05) is 13.2 Å². The van der Waals surface area contributed by atoms with Crippen molar-refractivity contribution in [1.82, 2.24) is 0 Å². The van der Waals surface area contributed by atoms with E-state index in [-0.39, 0.29) is 19.1 Å². The van der Waals surface area contributed by atoms with E-state index in [2.05, 4.69) is 0 Å². The van der Waals surface area contributed by atoms with E-state index >= 15 is 0 Å². The van der Waals surface area contributed by atoms with Crippen LogP contribution in [0.5, 0.6) is 0 Å². The lowest BCUT2D eigenvalue weighted by atomic mass is 9.98. The third-order valence-electron chi connectivity index (χ3n) is 2.01. The van der Waals surface area contributed by atoms with Crippen LogP contribution in [0.4, 0.5) is 0 Å². The summed E-state index contributed by atoms with van der Waals surface area (Å²) in [6.45, 7) is 1.29. The fourth-order valence-corrected chi connectivity index (χ4v) is 0.919. The first-order chi connectivity index (χ1) is 5.61. The lowest BCUT2D eigenvalue weighted by molar-refractivity contribution is 0.0359. The molecule has 0 aromatic heterocycles. The standard InChI is InChI=1S/C8H18O4/c1-6(8(12)5-10)2-3-7(11)4-9/h6-12H,2-5H2,1H3. The van der Waals surface area contributed by atoms with E-state index in [1.54, 1.807) is 6.92 Å². The van der Waals surface area contributed by atoms with Gasteiger partial charge < -0.3 is 20.4 Å². The minimum Gasteiger partial charge on any atom is -0.394 e. The van der Waals surface area contributed by atoms with Crippen molar-refractivity contribution in [2.45, 2.75) is 32.0 Å². The Morgan fingerprint density at radius 2 is 1.58 bits per heavy atom. The van der Waals surface area contributed by atoms with Gasteiger partial charge >= 0.3 is 0 Å². The molecular weight excluding hydrogens is 160 g/mol. The quantitative estimate of drug-likeness (QED) is 0.425. The zero-order valence-corrected chi connectivity index (χ0v) is 7.35. The van der Waals surface area contributed by atoms with Gasteiger partial charge in [-0.3, -0.25) is 0 Å². The summed E-state index contributed by atoms with van der Waals surface area (Å²) in [4.78, 5) is 0. The summed E-state index contributed by atoms with van der Waals surface area (Å²) in [6, 6.07) is 0. The Kier molecular flexibility index (Phi) is 6.28. The Morgan fingerprint density at radius 3 is 2.00 bits per heavy atom. The Hall–Kier alpha value is -0.160. The summed E-state index contributed by atoms with van der Waals surface area (Å²) < 4.78 is 0. The minimum atomic E-state index is -0.726. The average Bonchev–Trinajstić information content (AvgIpc) is 2.11. The van der Waals surface area contributed by atoms with Gasteiger partial charge in [0.25, 0.3) is 0 Å². The molecule has 0 spiro atoms. The van der Waals surface area contributed by atoms with Crippen LogP contribution in [0.25, 0.3) is 0 Å². The van der Waals surface area contributed by atoms with Crippen molar-refractivity contribution in [2.24, 2.45) is 5.92 Å². The van der Waals surface area contributed by atoms with Crippen LogP contribution in [0, 0.1) is 5.92 Å². The lowest BCUT2D eigenvalue weighted by Crippen LogP contribution is -2.23. The topological polar surface area (TPSA) is 80.9 Å². The van der Waals surface area contributed by atoms with Crippen molar-refractivity contribution in [1.29, 1.82) is 0 Å². The maximum absolute atomic E-state index is 9.12. The van der Waals surface area contributed by atoms with Gasteiger partial charge in [0.2, 0.25) is 0 Å². The maximum Gasteiger partial charge on any atom is 0.0796 e. The summed E-state index contributed by atoms with van der Waals surface area (Å²) >= 11 is 0. The summed E-state index contributed by atoms with van der Waals surface area (Å²) in [7, 11) is 0. The van der Waals surface area contributed by atoms with Crippen LogP contribution in [0.2, 0.25) is 0 Å². The van der Waals surface area contributed by atoms with Crippen LogP contribution in [-0.4, -0.2) is 45.8 Å². The summed E-state index contributed by atoms with van der Waals surface area (Å²) in [5.41, 5.74) is 0. The molecule has 4 N–H and O–H groups in total. The van der Waals surface area contributed by atoms with Crippen LogP contribution < -0.4 is 0 Å². The highest BCUT2D eigenvalue weighted by Crippen LogP contribution is 2.11. The van der Waals surface area contributed by atoms with Gasteiger partial charge in [-0.2, -0.15) is 0 Å². The van der Waals surface area contributed by atoms with Gasteiger partial charge in [-0.1, -0.05) is 6.92 Å². The van der Waals surface area contributed by atoms with E-state index in [0.29, 0.717) is 12.8 Å². The van der Waals surface area contributed by atoms with Crippen LogP contribution >= 0.6 is 0 Å². The predicted molar refractivity (Wildman–Crippen MR) is 44.6 cm³/mol. The third kappa shape index (κ3) is 4.66. The Morgan fingerprint density at radius 1 is 1.00 bits per heavy atom. The average molecular weight is 178 g/mol. The molecule has 0 fully saturated rings. The van der Waals surface area contributed by atoms with E-state index < -0.39 is 12.2 Å². The van der Waals surface area contributed by atoms with Gasteiger partial charge in [-0.05, 0) is 18.8 Å². The zero-order chi connectivity index (χ0) is 9.56. The second-order valence-corrected chi connectivity index (χ2v) is 3.14. The molecule has 0 aromatic carbocycles. The monoisotopic (exact) mass is 178 g/mol. The van der Waals surface area contributed by atoms with Gasteiger partial charge in [-0.15, -0.1) is 0 Å². The highest BCUT2D eigenvalue weighted by molar-refractivity contribution is 4.65. The van der Waals surface area contributed by atoms with Gasteiger partial charge in [0.05, 0.1) is 25.4 Å². The fraction of sp³-hybridized carbons (Fsp3) is 1.00. The first-order valence-electron chi connectivity index (χ1n) is 4.19. The number of hydrogen-bond acceptors (Lipinski definition) is 4. The molecule has 3 atom stereocenters. The number of aliphatic hydroxyl groups is 4. The van der Waals surface area contributed by atoms with Crippen LogP contribution in [0.3, 0.4) is 0 Å². The van der Waals surface area contributed by atoms with Crippen molar-refractivity contribution in [3.05, 3.63) is 0 Å². The molecule has 0 aliphatic heterocycles. The molecule has 0 amide bonds. The molecule has 74 valence electrons. The molecule has 0 saturated carbocycles. The van der Waals surface area contributed by atoms with Crippen molar-refractivity contribution in [3.8, 4) is 0 Å². The molecule has 4 heteroatoms. The number of aliphatic hydroxyl groups excluding tert-OH is 4. The molecule has 0 radical (unpaired) electrons. The summed E-state index contributed by atoms with van der Waals surface area (Å²) in [5.74, 6) is -0.0452. The summed E-state index contributed by atoms with van der Waals surface area (Å²) in [5, 5.41) is 35.1. The van der Waals surface area contributed by atoms with Gasteiger partial charge in [0.15, 0.2) is 0 Å². The van der Waals surface area contributed by atoms with Gasteiger partial charge in [0.1, 0.15) is 0 Å². The molecular formula is C8H18O4. The summed E-state index contributed by atoms with van der Waals surface area (Å²) in [6.07, 6.45) is -0.382. The molecule has 0 heterocycles. The first-order valence-corrected chi connectivity index (χ1v) is 4.19. The second kappa shape index (κ2) is 6.37. The van der Waals surface area contributed by atoms with E-state index in [1.807, 2.05) is 0 Å². The van der Waals surface area contributed by atoms with Crippen LogP contribution in [-0.2, 0) is 0 Å². The first kappa shape index (κ1) is 11.8. The van der Waals surface area contributed by atoms with E-state index in [4.69, 9.17) is 20.4 Å². The minimum absolute atomic E-state index is 0.0452. The molecule has 0 aliphatic carbocycles. The third-order valence-corrected chi connectivity index (χ3v) is 2.01. The van der Waals surface area contributed by atoms with E-state index in [1.165, 1.54) is 0 Å². The van der Waals surface area contributed by atoms with E-state index in [9.17, 15) is 0 Å². The van der Waals surface area contributed by atoms with Gasteiger partial charge in [0, 0.05) is 0 Å². The maximum atomic E-state index is 9.12.